The first-order chi connectivity index (χ1) is 13.8. The highest BCUT2D eigenvalue weighted by atomic mass is 16.7. The van der Waals surface area contributed by atoms with Crippen molar-refractivity contribution in [1.82, 2.24) is 0 Å². The largest absolute Gasteiger partial charge is 0.368 e. The van der Waals surface area contributed by atoms with Gasteiger partial charge in [-0.15, -0.1) is 6.58 Å². The molecular formula is C25H30O3. The highest BCUT2D eigenvalue weighted by molar-refractivity contribution is 5.25. The van der Waals surface area contributed by atoms with E-state index in [-0.39, 0.29) is 18.1 Å². The molecule has 2 fully saturated rings. The van der Waals surface area contributed by atoms with E-state index in [1.807, 2.05) is 30.3 Å². The van der Waals surface area contributed by atoms with Gasteiger partial charge < -0.3 is 14.2 Å². The SMILES string of the molecule is C=C[C@@H](c1ccccc1)[C@@H]1CC[C@@H](OCc2ccccc2)[C@@]2(CCCCO2)O1. The zero-order valence-electron chi connectivity index (χ0n) is 16.5. The maximum absolute atomic E-state index is 6.70. The van der Waals surface area contributed by atoms with E-state index in [0.29, 0.717) is 6.61 Å². The van der Waals surface area contributed by atoms with Crippen LogP contribution >= 0.6 is 0 Å². The van der Waals surface area contributed by atoms with Crippen molar-refractivity contribution in [3.63, 3.8) is 0 Å². The van der Waals surface area contributed by atoms with E-state index in [0.717, 1.165) is 38.7 Å². The molecule has 4 atom stereocenters. The summed E-state index contributed by atoms with van der Waals surface area (Å²) >= 11 is 0. The molecule has 0 saturated carbocycles. The lowest BCUT2D eigenvalue weighted by atomic mass is 9.84. The van der Waals surface area contributed by atoms with Crippen molar-refractivity contribution < 1.29 is 14.2 Å². The average Bonchev–Trinajstić information content (AvgIpc) is 2.76. The lowest BCUT2D eigenvalue weighted by Crippen LogP contribution is -2.56. The first kappa shape index (κ1) is 19.4. The Labute approximate surface area is 168 Å². The Kier molecular flexibility index (Phi) is 6.26. The molecule has 28 heavy (non-hydrogen) atoms. The first-order valence-electron chi connectivity index (χ1n) is 10.5. The molecule has 0 unspecified atom stereocenters. The molecule has 0 aliphatic carbocycles. The molecule has 1 spiro atoms. The standard InChI is InChI=1S/C25H30O3/c1-2-22(21-13-7-4-8-14-21)23-15-16-24(25(28-23)17-9-10-18-27-25)26-19-20-11-5-3-6-12-20/h2-8,11-14,22-24H,1,9-10,15-19H2/t22-,23-,24+,25+/m0/s1. The second-order valence-corrected chi connectivity index (χ2v) is 7.81. The van der Waals surface area contributed by atoms with Gasteiger partial charge >= 0.3 is 0 Å². The zero-order valence-corrected chi connectivity index (χ0v) is 16.5. The predicted octanol–water partition coefficient (Wildman–Crippen LogP) is 5.62. The van der Waals surface area contributed by atoms with Crippen LogP contribution in [0.4, 0.5) is 0 Å². The van der Waals surface area contributed by atoms with Crippen LogP contribution in [-0.4, -0.2) is 24.6 Å². The maximum atomic E-state index is 6.70. The highest BCUT2D eigenvalue weighted by Crippen LogP contribution is 2.43. The van der Waals surface area contributed by atoms with Gasteiger partial charge in [0.1, 0.15) is 6.10 Å². The van der Waals surface area contributed by atoms with E-state index in [2.05, 4.69) is 43.0 Å². The summed E-state index contributed by atoms with van der Waals surface area (Å²) in [6.07, 6.45) is 7.01. The third-order valence-electron chi connectivity index (χ3n) is 5.95. The molecule has 4 rings (SSSR count). The van der Waals surface area contributed by atoms with Crippen molar-refractivity contribution in [3.8, 4) is 0 Å². The Hall–Kier alpha value is -1.94. The van der Waals surface area contributed by atoms with E-state index in [1.54, 1.807) is 0 Å². The fraction of sp³-hybridized carbons (Fsp3) is 0.440. The van der Waals surface area contributed by atoms with E-state index in [9.17, 15) is 0 Å². The van der Waals surface area contributed by atoms with E-state index in [1.165, 1.54) is 11.1 Å². The van der Waals surface area contributed by atoms with Gasteiger partial charge in [-0.05, 0) is 36.8 Å². The van der Waals surface area contributed by atoms with Gasteiger partial charge in [0, 0.05) is 12.3 Å². The molecule has 2 aliphatic heterocycles. The molecule has 3 heteroatoms. The van der Waals surface area contributed by atoms with Crippen LogP contribution in [-0.2, 0) is 20.8 Å². The smallest absolute Gasteiger partial charge is 0.195 e. The van der Waals surface area contributed by atoms with Gasteiger partial charge in [-0.3, -0.25) is 0 Å². The molecule has 0 N–H and O–H groups in total. The van der Waals surface area contributed by atoms with Gasteiger partial charge in [0.25, 0.3) is 0 Å². The molecule has 0 bridgehead atoms. The van der Waals surface area contributed by atoms with Crippen molar-refractivity contribution in [3.05, 3.63) is 84.4 Å². The first-order valence-corrected chi connectivity index (χ1v) is 10.5. The van der Waals surface area contributed by atoms with Crippen molar-refractivity contribution >= 4 is 0 Å². The molecule has 2 aromatic rings. The Morgan fingerprint density at radius 3 is 2.46 bits per heavy atom. The van der Waals surface area contributed by atoms with Crippen molar-refractivity contribution in [2.24, 2.45) is 0 Å². The lowest BCUT2D eigenvalue weighted by molar-refractivity contribution is -0.343. The molecule has 2 saturated heterocycles. The Balaban J connectivity index is 1.50. The second-order valence-electron chi connectivity index (χ2n) is 7.81. The van der Waals surface area contributed by atoms with Crippen LogP contribution in [0, 0.1) is 0 Å². The van der Waals surface area contributed by atoms with Gasteiger partial charge in [-0.2, -0.15) is 0 Å². The minimum atomic E-state index is -0.633. The molecular weight excluding hydrogens is 348 g/mol. The number of benzene rings is 2. The van der Waals surface area contributed by atoms with Crippen LogP contribution in [0.3, 0.4) is 0 Å². The maximum Gasteiger partial charge on any atom is 0.195 e. The monoisotopic (exact) mass is 378 g/mol. The van der Waals surface area contributed by atoms with Gasteiger partial charge in [0.05, 0.1) is 19.3 Å². The molecule has 0 aromatic heterocycles. The minimum absolute atomic E-state index is 0.0366. The average molecular weight is 379 g/mol. The summed E-state index contributed by atoms with van der Waals surface area (Å²) in [4.78, 5) is 0. The van der Waals surface area contributed by atoms with Crippen molar-refractivity contribution in [1.29, 1.82) is 0 Å². The third kappa shape index (κ3) is 4.22. The quantitative estimate of drug-likeness (QED) is 0.611. The van der Waals surface area contributed by atoms with E-state index >= 15 is 0 Å². The van der Waals surface area contributed by atoms with Gasteiger partial charge in [-0.25, -0.2) is 0 Å². The molecule has 0 radical (unpaired) electrons. The highest BCUT2D eigenvalue weighted by Gasteiger charge is 2.49. The van der Waals surface area contributed by atoms with Gasteiger partial charge in [-0.1, -0.05) is 66.7 Å². The fourth-order valence-corrected chi connectivity index (χ4v) is 4.48. The normalized spacial score (nSPS) is 28.7. The molecule has 2 aliphatic rings. The molecule has 2 aromatic carbocycles. The zero-order chi connectivity index (χ0) is 19.2. The summed E-state index contributed by atoms with van der Waals surface area (Å²) in [7, 11) is 0. The van der Waals surface area contributed by atoms with Crippen LogP contribution in [0.5, 0.6) is 0 Å². The van der Waals surface area contributed by atoms with E-state index < -0.39 is 5.79 Å². The Bertz CT molecular complexity index is 737. The minimum Gasteiger partial charge on any atom is -0.368 e. The Morgan fingerprint density at radius 2 is 1.79 bits per heavy atom. The van der Waals surface area contributed by atoms with Crippen LogP contribution in [0.1, 0.15) is 49.1 Å². The summed E-state index contributed by atoms with van der Waals surface area (Å²) in [5.41, 5.74) is 2.43. The summed E-state index contributed by atoms with van der Waals surface area (Å²) in [5.74, 6) is -0.468. The van der Waals surface area contributed by atoms with Crippen LogP contribution in [0.25, 0.3) is 0 Å². The summed E-state index contributed by atoms with van der Waals surface area (Å²) in [6.45, 7) is 5.42. The topological polar surface area (TPSA) is 27.7 Å². The Morgan fingerprint density at radius 1 is 1.04 bits per heavy atom. The van der Waals surface area contributed by atoms with Crippen LogP contribution < -0.4 is 0 Å². The molecule has 2 heterocycles. The summed E-state index contributed by atoms with van der Waals surface area (Å²) in [6, 6.07) is 20.8. The molecule has 0 amide bonds. The second kappa shape index (κ2) is 9.04. The number of hydrogen-bond donors (Lipinski definition) is 0. The molecule has 3 nitrogen and oxygen atoms in total. The van der Waals surface area contributed by atoms with Crippen LogP contribution in [0.15, 0.2) is 73.3 Å². The predicted molar refractivity (Wildman–Crippen MR) is 111 cm³/mol. The lowest BCUT2D eigenvalue weighted by Gasteiger charge is -2.49. The third-order valence-corrected chi connectivity index (χ3v) is 5.95. The fourth-order valence-electron chi connectivity index (χ4n) is 4.48. The van der Waals surface area contributed by atoms with Crippen molar-refractivity contribution in [2.75, 3.05) is 6.61 Å². The molecule has 148 valence electrons. The summed E-state index contributed by atoms with van der Waals surface area (Å²) in [5, 5.41) is 0. The van der Waals surface area contributed by atoms with Crippen molar-refractivity contribution in [2.45, 2.75) is 62.6 Å². The van der Waals surface area contributed by atoms with E-state index in [4.69, 9.17) is 14.2 Å². The number of hydrogen-bond acceptors (Lipinski definition) is 3. The van der Waals surface area contributed by atoms with Gasteiger partial charge in [0.15, 0.2) is 5.79 Å². The number of rotatable bonds is 6. The van der Waals surface area contributed by atoms with Gasteiger partial charge in [0.2, 0.25) is 0 Å². The number of ether oxygens (including phenoxy) is 3. The van der Waals surface area contributed by atoms with Crippen LogP contribution in [0.2, 0.25) is 0 Å². The summed E-state index contributed by atoms with van der Waals surface area (Å²) < 4.78 is 19.3.